The van der Waals surface area contributed by atoms with Crippen molar-refractivity contribution in [1.82, 2.24) is 25.0 Å². The summed E-state index contributed by atoms with van der Waals surface area (Å²) in [5.41, 5.74) is -0.321. The number of anilines is 1. The molecule has 1 fully saturated rings. The van der Waals surface area contributed by atoms with Gasteiger partial charge in [-0.05, 0) is 31.7 Å². The first-order chi connectivity index (χ1) is 18.6. The number of nitrogens with one attached hydrogen (secondary N) is 2. The molecule has 0 radical (unpaired) electrons. The van der Waals surface area contributed by atoms with Crippen molar-refractivity contribution in [2.24, 2.45) is 0 Å². The van der Waals surface area contributed by atoms with Crippen LogP contribution in [0, 0.1) is 0 Å². The normalized spacial score (nSPS) is 19.7. The Morgan fingerprint density at radius 1 is 1.28 bits per heavy atom. The fourth-order valence-electron chi connectivity index (χ4n) is 4.79. The molecule has 1 amide bonds. The van der Waals surface area contributed by atoms with Crippen molar-refractivity contribution in [3.05, 3.63) is 60.1 Å². The van der Waals surface area contributed by atoms with Crippen LogP contribution in [0.1, 0.15) is 28.2 Å². The van der Waals surface area contributed by atoms with Crippen LogP contribution in [-0.4, -0.2) is 77.3 Å². The number of benzene rings is 1. The molecular formula is C27H28F4N6O2. The largest absolute Gasteiger partial charge is 0.475 e. The summed E-state index contributed by atoms with van der Waals surface area (Å²) in [5.74, 6) is 0.0222. The number of allylic oxidation sites excluding steroid dienone is 1. The molecule has 12 heteroatoms. The molecule has 39 heavy (non-hydrogen) atoms. The Balaban J connectivity index is 1.41. The van der Waals surface area contributed by atoms with Gasteiger partial charge in [-0.25, -0.2) is 14.1 Å². The second-order valence-electron chi connectivity index (χ2n) is 9.64. The maximum absolute atomic E-state index is 14.7. The molecule has 2 aliphatic heterocycles. The van der Waals surface area contributed by atoms with Gasteiger partial charge in [-0.2, -0.15) is 18.3 Å². The Bertz CT molecular complexity index is 1430. The minimum Gasteiger partial charge on any atom is -0.475 e. The van der Waals surface area contributed by atoms with Gasteiger partial charge in [0.1, 0.15) is 18.3 Å². The topological polar surface area (TPSA) is 84.3 Å². The van der Waals surface area contributed by atoms with Gasteiger partial charge in [0.25, 0.3) is 5.91 Å². The third kappa shape index (κ3) is 5.60. The molecule has 2 atom stereocenters. The number of hydrogen-bond acceptors (Lipinski definition) is 6. The highest BCUT2D eigenvalue weighted by atomic mass is 19.4. The minimum absolute atomic E-state index is 0.0950. The van der Waals surface area contributed by atoms with Crippen molar-refractivity contribution in [2.45, 2.75) is 31.4 Å². The van der Waals surface area contributed by atoms with Crippen molar-refractivity contribution in [2.75, 3.05) is 38.6 Å². The summed E-state index contributed by atoms with van der Waals surface area (Å²) >= 11 is 0. The number of halogens is 4. The molecule has 8 nitrogen and oxygen atoms in total. The van der Waals surface area contributed by atoms with E-state index in [2.05, 4.69) is 27.3 Å². The lowest BCUT2D eigenvalue weighted by Crippen LogP contribution is -2.46. The molecule has 0 aliphatic carbocycles. The van der Waals surface area contributed by atoms with E-state index >= 15 is 0 Å². The number of alkyl halides is 4. The predicted molar refractivity (Wildman–Crippen MR) is 140 cm³/mol. The number of nitrogens with zero attached hydrogens (tertiary/aromatic N) is 4. The first kappa shape index (κ1) is 26.7. The van der Waals surface area contributed by atoms with Crippen molar-refractivity contribution < 1.29 is 27.1 Å². The SMILES string of the molecule is C=C(c1nc(/C=C/CNC(=O)c2cnn3c2OCC3)cc2c(N[C@@H]3CCN(C)C[C@@H]3F)cccc12)C(F)(F)F. The first-order valence-electron chi connectivity index (χ1n) is 12.5. The maximum Gasteiger partial charge on any atom is 0.417 e. The Morgan fingerprint density at radius 3 is 2.87 bits per heavy atom. The van der Waals surface area contributed by atoms with Gasteiger partial charge in [-0.3, -0.25) is 4.79 Å². The Hall–Kier alpha value is -3.93. The molecule has 2 N–H and O–H groups in total. The second kappa shape index (κ2) is 10.7. The van der Waals surface area contributed by atoms with E-state index in [1.807, 2.05) is 11.9 Å². The molecule has 1 saturated heterocycles. The molecule has 0 spiro atoms. The zero-order chi connectivity index (χ0) is 27.7. The Morgan fingerprint density at radius 2 is 2.10 bits per heavy atom. The number of carbonyl (C=O) groups excluding carboxylic acids is 1. The van der Waals surface area contributed by atoms with Gasteiger partial charge >= 0.3 is 6.18 Å². The number of carbonyl (C=O) groups is 1. The molecule has 0 bridgehead atoms. The number of amides is 1. The average Bonchev–Trinajstić information content (AvgIpc) is 3.51. The number of hydrogen-bond donors (Lipinski definition) is 2. The zero-order valence-corrected chi connectivity index (χ0v) is 21.3. The summed E-state index contributed by atoms with van der Waals surface area (Å²) in [6, 6.07) is 6.04. The Kier molecular flexibility index (Phi) is 7.30. The van der Waals surface area contributed by atoms with E-state index in [0.29, 0.717) is 48.6 Å². The van der Waals surface area contributed by atoms with Crippen LogP contribution < -0.4 is 15.4 Å². The van der Waals surface area contributed by atoms with Gasteiger partial charge < -0.3 is 20.3 Å². The van der Waals surface area contributed by atoms with Crippen LogP contribution >= 0.6 is 0 Å². The summed E-state index contributed by atoms with van der Waals surface area (Å²) in [5, 5.41) is 10.7. The van der Waals surface area contributed by atoms with Crippen LogP contribution in [0.2, 0.25) is 0 Å². The number of likely N-dealkylation sites (tertiary alicyclic amines) is 1. The summed E-state index contributed by atoms with van der Waals surface area (Å²) in [7, 11) is 1.85. The maximum atomic E-state index is 14.7. The van der Waals surface area contributed by atoms with Crippen LogP contribution in [-0.2, 0) is 6.54 Å². The lowest BCUT2D eigenvalue weighted by Gasteiger charge is -2.33. The van der Waals surface area contributed by atoms with Crippen molar-refractivity contribution in [3.63, 3.8) is 0 Å². The van der Waals surface area contributed by atoms with Gasteiger partial charge in [0.15, 0.2) is 0 Å². The Labute approximate surface area is 222 Å². The fourth-order valence-corrected chi connectivity index (χ4v) is 4.79. The van der Waals surface area contributed by atoms with Gasteiger partial charge in [-0.15, -0.1) is 0 Å². The van der Waals surface area contributed by atoms with Crippen molar-refractivity contribution >= 4 is 34.0 Å². The van der Waals surface area contributed by atoms with E-state index in [4.69, 9.17) is 4.74 Å². The van der Waals surface area contributed by atoms with Gasteiger partial charge in [-0.1, -0.05) is 24.8 Å². The van der Waals surface area contributed by atoms with E-state index in [-0.39, 0.29) is 35.8 Å². The van der Waals surface area contributed by atoms with E-state index < -0.39 is 24.0 Å². The monoisotopic (exact) mass is 544 g/mol. The fraction of sp³-hybridized carbons (Fsp3) is 0.370. The van der Waals surface area contributed by atoms with Gasteiger partial charge in [0.2, 0.25) is 5.88 Å². The lowest BCUT2D eigenvalue weighted by atomic mass is 9.99. The summed E-state index contributed by atoms with van der Waals surface area (Å²) in [6.07, 6.45) is -0.729. The summed E-state index contributed by atoms with van der Waals surface area (Å²) < 4.78 is 62.8. The smallest absolute Gasteiger partial charge is 0.417 e. The molecule has 5 rings (SSSR count). The second-order valence-corrected chi connectivity index (χ2v) is 9.64. The first-order valence-corrected chi connectivity index (χ1v) is 12.5. The van der Waals surface area contributed by atoms with Crippen molar-refractivity contribution in [3.8, 4) is 5.88 Å². The number of fused-ring (bicyclic) bond motifs is 2. The van der Waals surface area contributed by atoms with Crippen LogP contribution in [0.5, 0.6) is 5.88 Å². The molecule has 206 valence electrons. The molecule has 2 aliphatic rings. The zero-order valence-electron chi connectivity index (χ0n) is 21.3. The molecule has 2 aromatic heterocycles. The number of aromatic nitrogens is 3. The predicted octanol–water partition coefficient (Wildman–Crippen LogP) is 4.30. The number of pyridine rings is 1. The molecule has 0 saturated carbocycles. The third-order valence-corrected chi connectivity index (χ3v) is 6.85. The molecule has 0 unspecified atom stereocenters. The van der Waals surface area contributed by atoms with Crippen LogP contribution in [0.4, 0.5) is 23.2 Å². The van der Waals surface area contributed by atoms with Crippen LogP contribution in [0.3, 0.4) is 0 Å². The third-order valence-electron chi connectivity index (χ3n) is 6.85. The highest BCUT2D eigenvalue weighted by Gasteiger charge is 2.35. The average molecular weight is 545 g/mol. The van der Waals surface area contributed by atoms with Gasteiger partial charge in [0.05, 0.1) is 35.7 Å². The highest BCUT2D eigenvalue weighted by molar-refractivity contribution is 6.01. The standard InChI is InChI=1S/C27H28F4N6O2/c1-16(27(29,30)31)24-18-6-3-7-22(35-23-8-10-36(2)15-21(23)28)19(18)13-17(34-24)5-4-9-32-25(38)20-14-33-37-11-12-39-26(20)37/h3-7,13-14,21,23,35H,1,8-12,15H2,2H3,(H,32,38)/b5-4+/t21-,23+/m0/s1. The highest BCUT2D eigenvalue weighted by Crippen LogP contribution is 2.37. The number of piperidine rings is 1. The van der Waals surface area contributed by atoms with E-state index in [9.17, 15) is 22.4 Å². The summed E-state index contributed by atoms with van der Waals surface area (Å²) in [6.45, 7) is 5.34. The number of rotatable bonds is 7. The van der Waals surface area contributed by atoms with Crippen LogP contribution in [0.25, 0.3) is 22.4 Å². The van der Waals surface area contributed by atoms with Crippen molar-refractivity contribution in [1.29, 1.82) is 0 Å². The lowest BCUT2D eigenvalue weighted by molar-refractivity contribution is -0.0688. The molecule has 1 aromatic carbocycles. The van der Waals surface area contributed by atoms with E-state index in [1.54, 1.807) is 35.0 Å². The van der Waals surface area contributed by atoms with Crippen LogP contribution in [0.15, 0.2) is 43.1 Å². The van der Waals surface area contributed by atoms with Gasteiger partial charge in [0, 0.05) is 36.1 Å². The van der Waals surface area contributed by atoms with E-state index in [0.717, 1.165) is 0 Å². The molecule has 3 aromatic rings. The molecular weight excluding hydrogens is 516 g/mol. The quantitative estimate of drug-likeness (QED) is 0.432. The summed E-state index contributed by atoms with van der Waals surface area (Å²) in [4.78, 5) is 18.6. The minimum atomic E-state index is -4.69. The molecule has 4 heterocycles. The van der Waals surface area contributed by atoms with E-state index in [1.165, 1.54) is 12.3 Å². The number of ether oxygens (including phenoxy) is 1.